The number of para-hydroxylation sites is 1. The predicted octanol–water partition coefficient (Wildman–Crippen LogP) is 3.22. The number of fused-ring (bicyclic) bond motifs is 1. The highest BCUT2D eigenvalue weighted by Gasteiger charge is 2.26. The normalized spacial score (nSPS) is 15.5. The van der Waals surface area contributed by atoms with E-state index in [4.69, 9.17) is 5.26 Å². The van der Waals surface area contributed by atoms with Gasteiger partial charge in [0.05, 0.1) is 4.92 Å². The zero-order valence-corrected chi connectivity index (χ0v) is 11.2. The Hall–Kier alpha value is -2.87. The lowest BCUT2D eigenvalue weighted by Crippen LogP contribution is -2.24. The number of nitriles is 1. The van der Waals surface area contributed by atoms with Gasteiger partial charge in [0.1, 0.15) is 17.3 Å². The molecule has 0 saturated heterocycles. The zero-order chi connectivity index (χ0) is 14.8. The molecule has 0 saturated carbocycles. The molecule has 2 aromatic rings. The fourth-order valence-corrected chi connectivity index (χ4v) is 2.75. The molecule has 0 fully saturated rings. The van der Waals surface area contributed by atoms with Crippen LogP contribution < -0.4 is 5.32 Å². The van der Waals surface area contributed by atoms with Gasteiger partial charge in [0, 0.05) is 12.5 Å². The highest BCUT2D eigenvalue weighted by Crippen LogP contribution is 2.36. The summed E-state index contributed by atoms with van der Waals surface area (Å²) in [4.78, 5) is 10.6. The number of anilines is 1. The Labute approximate surface area is 122 Å². The number of nitro groups is 1. The second kappa shape index (κ2) is 5.25. The molecule has 0 bridgehead atoms. The SMILES string of the molecule is N#Cc1cccc(NCC2Cc3ccccc32)c1[N+](=O)[O-]. The maximum absolute atomic E-state index is 11.1. The topological polar surface area (TPSA) is 79.0 Å². The summed E-state index contributed by atoms with van der Waals surface area (Å²) >= 11 is 0. The van der Waals surface area contributed by atoms with Crippen LogP contribution in [0.3, 0.4) is 0 Å². The van der Waals surface area contributed by atoms with Gasteiger partial charge < -0.3 is 5.32 Å². The van der Waals surface area contributed by atoms with Gasteiger partial charge in [-0.05, 0) is 29.7 Å². The van der Waals surface area contributed by atoms with Gasteiger partial charge in [-0.2, -0.15) is 5.26 Å². The van der Waals surface area contributed by atoms with E-state index in [-0.39, 0.29) is 11.3 Å². The fourth-order valence-electron chi connectivity index (χ4n) is 2.75. The molecule has 3 rings (SSSR count). The third-order valence-electron chi connectivity index (χ3n) is 3.84. The zero-order valence-electron chi connectivity index (χ0n) is 11.2. The minimum Gasteiger partial charge on any atom is -0.379 e. The van der Waals surface area contributed by atoms with Crippen LogP contribution in [0, 0.1) is 21.4 Å². The minimum atomic E-state index is -0.504. The van der Waals surface area contributed by atoms with Crippen molar-refractivity contribution in [2.45, 2.75) is 12.3 Å². The Morgan fingerprint density at radius 2 is 2.10 bits per heavy atom. The standard InChI is InChI=1S/C16H13N3O2/c17-9-12-5-3-7-15(16(12)19(20)21)18-10-13-8-11-4-1-2-6-14(11)13/h1-7,13,18H,8,10H2. The quantitative estimate of drug-likeness (QED) is 0.688. The summed E-state index contributed by atoms with van der Waals surface area (Å²) in [6.07, 6.45) is 0.981. The molecule has 104 valence electrons. The van der Waals surface area contributed by atoms with Crippen molar-refractivity contribution in [2.24, 2.45) is 0 Å². The largest absolute Gasteiger partial charge is 0.379 e. The Bertz CT molecular complexity index is 749. The second-order valence-corrected chi connectivity index (χ2v) is 5.05. The van der Waals surface area contributed by atoms with Gasteiger partial charge in [0.15, 0.2) is 0 Å². The third kappa shape index (κ3) is 2.32. The van der Waals surface area contributed by atoms with E-state index >= 15 is 0 Å². The van der Waals surface area contributed by atoms with Gasteiger partial charge in [-0.25, -0.2) is 0 Å². The average molecular weight is 279 g/mol. The van der Waals surface area contributed by atoms with Gasteiger partial charge in [0.2, 0.25) is 0 Å². The molecule has 0 amide bonds. The Kier molecular flexibility index (Phi) is 3.28. The number of hydrogen-bond donors (Lipinski definition) is 1. The van der Waals surface area contributed by atoms with Gasteiger partial charge in [-0.3, -0.25) is 10.1 Å². The lowest BCUT2D eigenvalue weighted by atomic mass is 9.77. The minimum absolute atomic E-state index is 0.0824. The number of nitro benzene ring substituents is 1. The molecule has 0 aromatic heterocycles. The van der Waals surface area contributed by atoms with Gasteiger partial charge in [-0.15, -0.1) is 0 Å². The Balaban J connectivity index is 1.78. The van der Waals surface area contributed by atoms with E-state index in [9.17, 15) is 10.1 Å². The molecule has 1 atom stereocenters. The predicted molar refractivity (Wildman–Crippen MR) is 79.2 cm³/mol. The molecule has 5 nitrogen and oxygen atoms in total. The van der Waals surface area contributed by atoms with Crippen molar-refractivity contribution in [3.05, 3.63) is 69.3 Å². The molecule has 1 N–H and O–H groups in total. The lowest BCUT2D eigenvalue weighted by molar-refractivity contribution is -0.384. The number of benzene rings is 2. The molecule has 0 aliphatic heterocycles. The van der Waals surface area contributed by atoms with E-state index in [1.54, 1.807) is 12.1 Å². The molecule has 2 aromatic carbocycles. The van der Waals surface area contributed by atoms with Gasteiger partial charge in [-0.1, -0.05) is 30.3 Å². The van der Waals surface area contributed by atoms with E-state index in [1.807, 2.05) is 18.2 Å². The first-order valence-corrected chi connectivity index (χ1v) is 6.70. The Morgan fingerprint density at radius 3 is 2.81 bits per heavy atom. The smallest absolute Gasteiger partial charge is 0.309 e. The molecular formula is C16H13N3O2. The molecule has 1 aliphatic rings. The maximum atomic E-state index is 11.1. The third-order valence-corrected chi connectivity index (χ3v) is 3.84. The van der Waals surface area contributed by atoms with Crippen LogP contribution in [-0.4, -0.2) is 11.5 Å². The van der Waals surface area contributed by atoms with E-state index in [0.717, 1.165) is 6.42 Å². The maximum Gasteiger partial charge on any atom is 0.309 e. The van der Waals surface area contributed by atoms with Crippen molar-refractivity contribution in [3.8, 4) is 6.07 Å². The van der Waals surface area contributed by atoms with Crippen LogP contribution in [0.5, 0.6) is 0 Å². The first-order valence-electron chi connectivity index (χ1n) is 6.70. The summed E-state index contributed by atoms with van der Waals surface area (Å²) < 4.78 is 0. The average Bonchev–Trinajstić information content (AvgIpc) is 2.47. The van der Waals surface area contributed by atoms with Crippen LogP contribution in [0.15, 0.2) is 42.5 Å². The van der Waals surface area contributed by atoms with Gasteiger partial charge >= 0.3 is 5.69 Å². The summed E-state index contributed by atoms with van der Waals surface area (Å²) in [7, 11) is 0. The van der Waals surface area contributed by atoms with Crippen LogP contribution in [-0.2, 0) is 6.42 Å². The molecular weight excluding hydrogens is 266 g/mol. The van der Waals surface area contributed by atoms with E-state index in [0.29, 0.717) is 18.2 Å². The monoisotopic (exact) mass is 279 g/mol. The highest BCUT2D eigenvalue weighted by molar-refractivity contribution is 5.68. The van der Waals surface area contributed by atoms with E-state index in [2.05, 4.69) is 17.4 Å². The van der Waals surface area contributed by atoms with Crippen LogP contribution in [0.25, 0.3) is 0 Å². The molecule has 0 radical (unpaired) electrons. The van der Waals surface area contributed by atoms with Crippen molar-refractivity contribution < 1.29 is 4.92 Å². The fraction of sp³-hybridized carbons (Fsp3) is 0.188. The van der Waals surface area contributed by atoms with Crippen molar-refractivity contribution in [1.82, 2.24) is 0 Å². The van der Waals surface area contributed by atoms with Crippen LogP contribution in [0.1, 0.15) is 22.6 Å². The van der Waals surface area contributed by atoms with Gasteiger partial charge in [0.25, 0.3) is 0 Å². The highest BCUT2D eigenvalue weighted by atomic mass is 16.6. The first kappa shape index (κ1) is 13.1. The van der Waals surface area contributed by atoms with Crippen LogP contribution >= 0.6 is 0 Å². The lowest BCUT2D eigenvalue weighted by Gasteiger charge is -2.30. The summed E-state index contributed by atoms with van der Waals surface area (Å²) in [5.41, 5.74) is 2.98. The van der Waals surface area contributed by atoms with Crippen molar-refractivity contribution in [2.75, 3.05) is 11.9 Å². The summed E-state index contributed by atoms with van der Waals surface area (Å²) in [6.45, 7) is 0.632. The number of nitrogens with zero attached hydrogens (tertiary/aromatic N) is 2. The van der Waals surface area contributed by atoms with Crippen molar-refractivity contribution >= 4 is 11.4 Å². The number of hydrogen-bond acceptors (Lipinski definition) is 4. The molecule has 1 aliphatic carbocycles. The summed E-state index contributed by atoms with van der Waals surface area (Å²) in [5.74, 6) is 0.367. The first-order chi connectivity index (χ1) is 10.2. The second-order valence-electron chi connectivity index (χ2n) is 5.05. The van der Waals surface area contributed by atoms with Crippen molar-refractivity contribution in [3.63, 3.8) is 0 Å². The van der Waals surface area contributed by atoms with E-state index in [1.165, 1.54) is 17.2 Å². The molecule has 21 heavy (non-hydrogen) atoms. The number of rotatable bonds is 4. The summed E-state index contributed by atoms with van der Waals surface area (Å²) in [6, 6.07) is 14.8. The van der Waals surface area contributed by atoms with Crippen LogP contribution in [0.4, 0.5) is 11.4 Å². The van der Waals surface area contributed by atoms with Crippen LogP contribution in [0.2, 0.25) is 0 Å². The number of nitrogens with one attached hydrogen (secondary N) is 1. The molecule has 0 heterocycles. The van der Waals surface area contributed by atoms with E-state index < -0.39 is 4.92 Å². The van der Waals surface area contributed by atoms with Crippen molar-refractivity contribution in [1.29, 1.82) is 5.26 Å². The summed E-state index contributed by atoms with van der Waals surface area (Å²) in [5, 5.41) is 23.2. The Morgan fingerprint density at radius 1 is 1.29 bits per heavy atom. The molecule has 0 spiro atoms. The molecule has 5 heteroatoms. The molecule has 1 unspecified atom stereocenters.